The van der Waals surface area contributed by atoms with Crippen LogP contribution in [0.5, 0.6) is 0 Å². The Kier molecular flexibility index (Phi) is 5.70. The zero-order valence-electron chi connectivity index (χ0n) is 28.7. The summed E-state index contributed by atoms with van der Waals surface area (Å²) in [5, 5.41) is 2.54. The van der Waals surface area contributed by atoms with E-state index in [-0.39, 0.29) is 0 Å². The van der Waals surface area contributed by atoms with Crippen LogP contribution in [0.2, 0.25) is 0 Å². The van der Waals surface area contributed by atoms with E-state index in [4.69, 9.17) is 4.98 Å². The maximum atomic E-state index is 5.32. The van der Waals surface area contributed by atoms with E-state index in [0.29, 0.717) is 0 Å². The van der Waals surface area contributed by atoms with E-state index in [9.17, 15) is 0 Å². The fourth-order valence-corrected chi connectivity index (χ4v) is 9.74. The van der Waals surface area contributed by atoms with Gasteiger partial charge < -0.3 is 4.57 Å². The molecule has 0 saturated carbocycles. The van der Waals surface area contributed by atoms with Gasteiger partial charge in [0.15, 0.2) is 0 Å². The Labute approximate surface area is 306 Å². The van der Waals surface area contributed by atoms with Crippen LogP contribution in [-0.2, 0) is 5.41 Å². The molecular weight excluding hydrogens is 643 g/mol. The average Bonchev–Trinajstić information content (AvgIpc) is 3.88. The molecule has 0 saturated heterocycles. The number of aromatic nitrogens is 3. The lowest BCUT2D eigenvalue weighted by Gasteiger charge is -2.39. The van der Waals surface area contributed by atoms with Gasteiger partial charge in [-0.25, -0.2) is 4.98 Å². The van der Waals surface area contributed by atoms with Crippen molar-refractivity contribution in [1.82, 2.24) is 14.1 Å². The first kappa shape index (κ1) is 28.7. The van der Waals surface area contributed by atoms with Gasteiger partial charge in [0.25, 0.3) is 0 Å². The Morgan fingerprint density at radius 1 is 0.415 bits per heavy atom. The van der Waals surface area contributed by atoms with Crippen LogP contribution in [0.1, 0.15) is 22.3 Å². The molecule has 12 rings (SSSR count). The van der Waals surface area contributed by atoms with Gasteiger partial charge in [0.05, 0.1) is 33.2 Å². The standard InChI is InChI=1S/C50H31N3/c1-2-15-32(16-3-1)49-51-43-27-14-26-42-48(43)53(49)46-30-11-8-24-40(46)50(42)39-23-7-4-21-38(39)47-35(22-13-25-41(47)50)33-17-12-18-34(31-33)52-44-28-9-5-19-36(44)37-20-6-10-29-45(37)52/h1-31H. The van der Waals surface area contributed by atoms with Gasteiger partial charge in [-0.1, -0.05) is 152 Å². The van der Waals surface area contributed by atoms with E-state index >= 15 is 0 Å². The average molecular weight is 674 g/mol. The molecule has 3 heteroatoms. The van der Waals surface area contributed by atoms with Crippen LogP contribution in [0.4, 0.5) is 0 Å². The molecule has 3 nitrogen and oxygen atoms in total. The second-order valence-corrected chi connectivity index (χ2v) is 14.3. The number of para-hydroxylation sites is 4. The van der Waals surface area contributed by atoms with E-state index in [1.54, 1.807) is 0 Å². The number of hydrogen-bond donors (Lipinski definition) is 0. The van der Waals surface area contributed by atoms with Crippen LogP contribution in [0.3, 0.4) is 0 Å². The molecular formula is C50H31N3. The summed E-state index contributed by atoms with van der Waals surface area (Å²) >= 11 is 0. The summed E-state index contributed by atoms with van der Waals surface area (Å²) in [6.07, 6.45) is 0. The summed E-state index contributed by atoms with van der Waals surface area (Å²) in [6.45, 7) is 0. The molecule has 1 unspecified atom stereocenters. The molecule has 2 aromatic heterocycles. The van der Waals surface area contributed by atoms with E-state index in [1.165, 1.54) is 77.5 Å². The van der Waals surface area contributed by atoms with E-state index < -0.39 is 5.41 Å². The lowest BCUT2D eigenvalue weighted by atomic mass is 9.65. The topological polar surface area (TPSA) is 22.8 Å². The van der Waals surface area contributed by atoms with Gasteiger partial charge in [-0.3, -0.25) is 4.57 Å². The highest BCUT2D eigenvalue weighted by Crippen LogP contribution is 2.62. The molecule has 2 aliphatic rings. The fraction of sp³-hybridized carbons (Fsp3) is 0.0200. The molecule has 1 aliphatic heterocycles. The minimum Gasteiger partial charge on any atom is -0.309 e. The fourth-order valence-electron chi connectivity index (χ4n) is 9.74. The Balaban J connectivity index is 1.15. The maximum absolute atomic E-state index is 5.32. The summed E-state index contributed by atoms with van der Waals surface area (Å²) in [5.74, 6) is 0.970. The van der Waals surface area contributed by atoms with Crippen molar-refractivity contribution in [1.29, 1.82) is 0 Å². The molecule has 0 amide bonds. The molecule has 0 fully saturated rings. The van der Waals surface area contributed by atoms with Gasteiger partial charge in [-0.05, 0) is 80.9 Å². The molecule has 1 aliphatic carbocycles. The summed E-state index contributed by atoms with van der Waals surface area (Å²) < 4.78 is 4.82. The van der Waals surface area contributed by atoms with Crippen molar-refractivity contribution >= 4 is 32.8 Å². The number of fused-ring (bicyclic) bond motifs is 12. The molecule has 1 atom stereocenters. The zero-order valence-corrected chi connectivity index (χ0v) is 28.7. The molecule has 10 aromatic rings. The predicted molar refractivity (Wildman–Crippen MR) is 217 cm³/mol. The van der Waals surface area contributed by atoms with Gasteiger partial charge in [-0.2, -0.15) is 0 Å². The monoisotopic (exact) mass is 673 g/mol. The third-order valence-electron chi connectivity index (χ3n) is 11.7. The molecule has 246 valence electrons. The van der Waals surface area contributed by atoms with Crippen molar-refractivity contribution in [2.24, 2.45) is 0 Å². The van der Waals surface area contributed by atoms with E-state index in [2.05, 4.69) is 197 Å². The quantitative estimate of drug-likeness (QED) is 0.183. The minimum absolute atomic E-state index is 0.521. The van der Waals surface area contributed by atoms with E-state index in [1.807, 2.05) is 0 Å². The Hall–Kier alpha value is -6.97. The van der Waals surface area contributed by atoms with Crippen LogP contribution in [-0.4, -0.2) is 14.1 Å². The largest absolute Gasteiger partial charge is 0.309 e. The SMILES string of the molecule is c1ccc(-c2nc3cccc4c3n2-c2ccccc2C42c3ccccc3-c3c(-c4cccc(-n5c6ccccc6c6ccccc65)c4)cccc32)cc1. The number of rotatable bonds is 3. The second kappa shape index (κ2) is 10.5. The van der Waals surface area contributed by atoms with Gasteiger partial charge in [0, 0.05) is 22.0 Å². The lowest BCUT2D eigenvalue weighted by molar-refractivity contribution is 0.746. The van der Waals surface area contributed by atoms with Gasteiger partial charge in [0.1, 0.15) is 5.82 Å². The molecule has 8 aromatic carbocycles. The van der Waals surface area contributed by atoms with Crippen molar-refractivity contribution in [2.75, 3.05) is 0 Å². The van der Waals surface area contributed by atoms with Crippen molar-refractivity contribution < 1.29 is 0 Å². The van der Waals surface area contributed by atoms with Crippen molar-refractivity contribution in [3.63, 3.8) is 0 Å². The third-order valence-corrected chi connectivity index (χ3v) is 11.7. The number of imidazole rings is 1. The molecule has 1 spiro atoms. The van der Waals surface area contributed by atoms with Crippen LogP contribution in [0.15, 0.2) is 188 Å². The highest BCUT2D eigenvalue weighted by atomic mass is 15.1. The Bertz CT molecular complexity index is 3070. The lowest BCUT2D eigenvalue weighted by Crippen LogP contribution is -2.33. The maximum Gasteiger partial charge on any atom is 0.145 e. The molecule has 53 heavy (non-hydrogen) atoms. The molecule has 0 N–H and O–H groups in total. The number of benzene rings is 8. The van der Waals surface area contributed by atoms with Crippen LogP contribution < -0.4 is 0 Å². The Morgan fingerprint density at radius 3 is 1.85 bits per heavy atom. The number of nitrogens with zero attached hydrogens (tertiary/aromatic N) is 3. The summed E-state index contributed by atoms with van der Waals surface area (Å²) in [7, 11) is 0. The summed E-state index contributed by atoms with van der Waals surface area (Å²) in [6, 6.07) is 68.9. The van der Waals surface area contributed by atoms with E-state index in [0.717, 1.165) is 22.6 Å². The Morgan fingerprint density at radius 2 is 1.02 bits per heavy atom. The highest BCUT2D eigenvalue weighted by molar-refractivity contribution is 6.09. The first-order chi connectivity index (χ1) is 26.3. The molecule has 3 heterocycles. The van der Waals surface area contributed by atoms with Crippen LogP contribution in [0, 0.1) is 0 Å². The van der Waals surface area contributed by atoms with Crippen molar-refractivity contribution in [2.45, 2.75) is 5.41 Å². The summed E-state index contributed by atoms with van der Waals surface area (Å²) in [4.78, 5) is 5.32. The molecule has 0 radical (unpaired) electrons. The van der Waals surface area contributed by atoms with Gasteiger partial charge in [0.2, 0.25) is 0 Å². The minimum atomic E-state index is -0.521. The zero-order chi connectivity index (χ0) is 34.7. The van der Waals surface area contributed by atoms with Gasteiger partial charge in [-0.15, -0.1) is 0 Å². The predicted octanol–water partition coefficient (Wildman–Crippen LogP) is 12.1. The normalized spacial score (nSPS) is 15.2. The first-order valence-electron chi connectivity index (χ1n) is 18.3. The first-order valence-corrected chi connectivity index (χ1v) is 18.3. The van der Waals surface area contributed by atoms with Crippen LogP contribution >= 0.6 is 0 Å². The van der Waals surface area contributed by atoms with Crippen molar-refractivity contribution in [3.8, 4) is 45.0 Å². The molecule has 0 bridgehead atoms. The third kappa shape index (κ3) is 3.66. The summed E-state index contributed by atoms with van der Waals surface area (Å²) in [5.41, 5.74) is 17.7. The van der Waals surface area contributed by atoms with Crippen molar-refractivity contribution in [3.05, 3.63) is 210 Å². The highest BCUT2D eigenvalue weighted by Gasteiger charge is 2.51. The second-order valence-electron chi connectivity index (χ2n) is 14.3. The van der Waals surface area contributed by atoms with Crippen LogP contribution in [0.25, 0.3) is 77.9 Å². The number of hydrogen-bond acceptors (Lipinski definition) is 1. The smallest absolute Gasteiger partial charge is 0.145 e. The van der Waals surface area contributed by atoms with Gasteiger partial charge >= 0.3 is 0 Å².